The largest absolute Gasteiger partial charge is 0.481 e. The molecule has 2 fully saturated rings. The molecule has 0 aromatic rings. The highest BCUT2D eigenvalue weighted by Crippen LogP contribution is 2.30. The zero-order chi connectivity index (χ0) is 13.8. The summed E-state index contributed by atoms with van der Waals surface area (Å²) in [4.78, 5) is 23.5. The Hall–Kier alpha value is -1.10. The molecular formula is C14H23NO4. The van der Waals surface area contributed by atoms with Gasteiger partial charge in [0.1, 0.15) is 0 Å². The summed E-state index contributed by atoms with van der Waals surface area (Å²) in [6, 6.07) is 0.132. The van der Waals surface area contributed by atoms with Crippen LogP contribution in [0.1, 0.15) is 45.4 Å². The Morgan fingerprint density at radius 3 is 2.47 bits per heavy atom. The lowest BCUT2D eigenvalue weighted by atomic mass is 9.78. The maximum Gasteiger partial charge on any atom is 0.307 e. The maximum atomic E-state index is 12.3. The molecule has 0 aromatic carbocycles. The summed E-state index contributed by atoms with van der Waals surface area (Å²) in [6.07, 6.45) is 4.98. The van der Waals surface area contributed by atoms with Crippen LogP contribution in [-0.2, 0) is 14.3 Å². The van der Waals surface area contributed by atoms with E-state index < -0.39 is 11.9 Å². The van der Waals surface area contributed by atoms with Crippen molar-refractivity contribution in [2.45, 2.75) is 57.6 Å². The first-order chi connectivity index (χ1) is 9.08. The number of rotatable bonds is 3. The minimum atomic E-state index is -0.833. The fourth-order valence-corrected chi connectivity index (χ4v) is 3.18. The van der Waals surface area contributed by atoms with E-state index in [0.717, 1.165) is 25.7 Å². The van der Waals surface area contributed by atoms with Gasteiger partial charge >= 0.3 is 5.97 Å². The van der Waals surface area contributed by atoms with Crippen molar-refractivity contribution in [1.29, 1.82) is 0 Å². The summed E-state index contributed by atoms with van der Waals surface area (Å²) >= 11 is 0. The fraction of sp³-hybridized carbons (Fsp3) is 0.857. The molecule has 19 heavy (non-hydrogen) atoms. The second kappa shape index (κ2) is 6.37. The molecular weight excluding hydrogens is 246 g/mol. The van der Waals surface area contributed by atoms with Crippen molar-refractivity contribution >= 4 is 11.9 Å². The van der Waals surface area contributed by atoms with Gasteiger partial charge in [-0.1, -0.05) is 12.8 Å². The highest BCUT2D eigenvalue weighted by atomic mass is 16.5. The van der Waals surface area contributed by atoms with Gasteiger partial charge < -0.3 is 15.2 Å². The van der Waals surface area contributed by atoms with E-state index >= 15 is 0 Å². The van der Waals surface area contributed by atoms with E-state index in [1.807, 2.05) is 6.92 Å². The highest BCUT2D eigenvalue weighted by Gasteiger charge is 2.36. The first-order valence-corrected chi connectivity index (χ1v) is 7.22. The van der Waals surface area contributed by atoms with Crippen LogP contribution in [0.5, 0.6) is 0 Å². The Kier molecular flexibility index (Phi) is 4.80. The Balaban J connectivity index is 1.92. The van der Waals surface area contributed by atoms with E-state index in [-0.39, 0.29) is 24.0 Å². The first-order valence-electron chi connectivity index (χ1n) is 7.22. The van der Waals surface area contributed by atoms with Crippen LogP contribution in [0.4, 0.5) is 0 Å². The van der Waals surface area contributed by atoms with Crippen LogP contribution in [0.2, 0.25) is 0 Å². The monoisotopic (exact) mass is 269 g/mol. The number of ether oxygens (including phenoxy) is 1. The van der Waals surface area contributed by atoms with Gasteiger partial charge in [0.15, 0.2) is 0 Å². The van der Waals surface area contributed by atoms with Gasteiger partial charge in [0.05, 0.1) is 17.9 Å². The average molecular weight is 269 g/mol. The number of carboxylic acids is 1. The minimum absolute atomic E-state index is 0.0776. The molecule has 2 aliphatic rings. The third-order valence-corrected chi connectivity index (χ3v) is 4.25. The quantitative estimate of drug-likeness (QED) is 0.815. The number of carboxylic acid groups (broad SMARTS) is 1. The van der Waals surface area contributed by atoms with Crippen LogP contribution >= 0.6 is 0 Å². The lowest BCUT2D eigenvalue weighted by Crippen LogP contribution is -2.46. The zero-order valence-electron chi connectivity index (χ0n) is 11.4. The molecule has 0 aromatic heterocycles. The molecule has 1 aliphatic carbocycles. The number of nitrogens with one attached hydrogen (secondary N) is 1. The van der Waals surface area contributed by atoms with Gasteiger partial charge in [0.2, 0.25) is 5.91 Å². The second-order valence-corrected chi connectivity index (χ2v) is 5.75. The Labute approximate surface area is 113 Å². The van der Waals surface area contributed by atoms with Gasteiger partial charge in [-0.15, -0.1) is 0 Å². The third-order valence-electron chi connectivity index (χ3n) is 4.25. The SMILES string of the molecule is CC1CC(NC(=O)[C@@H]2CCCC[C@@H]2C(=O)O)CCO1. The molecule has 1 saturated carbocycles. The van der Waals surface area contributed by atoms with Crippen LogP contribution in [0.3, 0.4) is 0 Å². The van der Waals surface area contributed by atoms with Crippen LogP contribution in [0, 0.1) is 11.8 Å². The van der Waals surface area contributed by atoms with Crippen molar-refractivity contribution in [3.8, 4) is 0 Å². The van der Waals surface area contributed by atoms with E-state index in [0.29, 0.717) is 19.4 Å². The smallest absolute Gasteiger partial charge is 0.307 e. The second-order valence-electron chi connectivity index (χ2n) is 5.75. The predicted molar refractivity (Wildman–Crippen MR) is 69.7 cm³/mol. The Morgan fingerprint density at radius 1 is 1.16 bits per heavy atom. The predicted octanol–water partition coefficient (Wildman–Crippen LogP) is 1.56. The van der Waals surface area contributed by atoms with Gasteiger partial charge in [0, 0.05) is 12.6 Å². The molecule has 5 nitrogen and oxygen atoms in total. The molecule has 0 spiro atoms. The summed E-state index contributed by atoms with van der Waals surface area (Å²) in [5.41, 5.74) is 0. The van der Waals surface area contributed by atoms with Crippen molar-refractivity contribution in [3.63, 3.8) is 0 Å². The molecule has 5 heteroatoms. The molecule has 108 valence electrons. The maximum absolute atomic E-state index is 12.3. The summed E-state index contributed by atoms with van der Waals surface area (Å²) in [6.45, 7) is 2.66. The van der Waals surface area contributed by atoms with Crippen LogP contribution in [-0.4, -0.2) is 35.7 Å². The van der Waals surface area contributed by atoms with Crippen molar-refractivity contribution in [2.75, 3.05) is 6.61 Å². The zero-order valence-corrected chi connectivity index (χ0v) is 11.4. The minimum Gasteiger partial charge on any atom is -0.481 e. The van der Waals surface area contributed by atoms with Crippen molar-refractivity contribution < 1.29 is 19.4 Å². The van der Waals surface area contributed by atoms with Gasteiger partial charge in [-0.25, -0.2) is 0 Å². The third kappa shape index (κ3) is 3.69. The molecule has 2 N–H and O–H groups in total. The highest BCUT2D eigenvalue weighted by molar-refractivity contribution is 5.85. The standard InChI is InChI=1S/C14H23NO4/c1-9-8-10(6-7-19-9)15-13(16)11-4-2-3-5-12(11)14(17)18/h9-12H,2-8H2,1H3,(H,15,16)(H,17,18)/t9?,10?,11-,12+/m1/s1. The van der Waals surface area contributed by atoms with Gasteiger partial charge in [-0.2, -0.15) is 0 Å². The molecule has 2 unspecified atom stereocenters. The average Bonchev–Trinajstić information content (AvgIpc) is 2.38. The van der Waals surface area contributed by atoms with Crippen molar-refractivity contribution in [3.05, 3.63) is 0 Å². The molecule has 1 aliphatic heterocycles. The molecule has 4 atom stereocenters. The molecule has 2 rings (SSSR count). The summed E-state index contributed by atoms with van der Waals surface area (Å²) in [7, 11) is 0. The number of carbonyl (C=O) groups excluding carboxylic acids is 1. The molecule has 1 heterocycles. The van der Waals surface area contributed by atoms with E-state index in [9.17, 15) is 14.7 Å². The van der Waals surface area contributed by atoms with Crippen LogP contribution in [0.15, 0.2) is 0 Å². The molecule has 1 saturated heterocycles. The van der Waals surface area contributed by atoms with Gasteiger partial charge in [-0.05, 0) is 32.6 Å². The molecule has 1 amide bonds. The fourth-order valence-electron chi connectivity index (χ4n) is 3.18. The lowest BCUT2D eigenvalue weighted by molar-refractivity contribution is -0.149. The first kappa shape index (κ1) is 14.3. The topological polar surface area (TPSA) is 75.6 Å². The number of carbonyl (C=O) groups is 2. The van der Waals surface area contributed by atoms with E-state index in [1.54, 1.807) is 0 Å². The number of hydrogen-bond acceptors (Lipinski definition) is 3. The van der Waals surface area contributed by atoms with E-state index in [4.69, 9.17) is 4.74 Å². The molecule has 0 bridgehead atoms. The number of hydrogen-bond donors (Lipinski definition) is 2. The van der Waals surface area contributed by atoms with E-state index in [1.165, 1.54) is 0 Å². The van der Waals surface area contributed by atoms with Gasteiger partial charge in [0.25, 0.3) is 0 Å². The van der Waals surface area contributed by atoms with Crippen LogP contribution in [0.25, 0.3) is 0 Å². The van der Waals surface area contributed by atoms with Gasteiger partial charge in [-0.3, -0.25) is 9.59 Å². The number of aliphatic carboxylic acids is 1. The van der Waals surface area contributed by atoms with E-state index in [2.05, 4.69) is 5.32 Å². The summed E-state index contributed by atoms with van der Waals surface area (Å²) in [5.74, 6) is -1.78. The lowest BCUT2D eigenvalue weighted by Gasteiger charge is -2.32. The summed E-state index contributed by atoms with van der Waals surface area (Å²) in [5, 5.41) is 12.2. The molecule has 0 radical (unpaired) electrons. The number of amides is 1. The Morgan fingerprint density at radius 2 is 1.84 bits per heavy atom. The van der Waals surface area contributed by atoms with Crippen molar-refractivity contribution in [1.82, 2.24) is 5.32 Å². The summed E-state index contributed by atoms with van der Waals surface area (Å²) < 4.78 is 5.45. The Bertz CT molecular complexity index is 344. The van der Waals surface area contributed by atoms with Crippen molar-refractivity contribution in [2.24, 2.45) is 11.8 Å². The van der Waals surface area contributed by atoms with Crippen LogP contribution < -0.4 is 5.32 Å². The normalized spacial score (nSPS) is 35.6.